The van der Waals surface area contributed by atoms with E-state index in [2.05, 4.69) is 5.32 Å². The minimum absolute atomic E-state index is 0. The lowest BCUT2D eigenvalue weighted by Crippen LogP contribution is -2.24. The number of para-hydroxylation sites is 2. The molecule has 1 aromatic rings. The predicted molar refractivity (Wildman–Crippen MR) is 71.8 cm³/mol. The van der Waals surface area contributed by atoms with Gasteiger partial charge >= 0.3 is 0 Å². The fourth-order valence-electron chi connectivity index (χ4n) is 1.34. The number of halogens is 1. The summed E-state index contributed by atoms with van der Waals surface area (Å²) in [5, 5.41) is 2.78. The number of carbonyl (C=O) groups is 1. The average Bonchev–Trinajstić information content (AvgIpc) is 2.20. The van der Waals surface area contributed by atoms with Crippen LogP contribution >= 0.6 is 12.4 Å². The van der Waals surface area contributed by atoms with Crippen molar-refractivity contribution in [3.8, 4) is 5.75 Å². The predicted octanol–water partition coefficient (Wildman–Crippen LogP) is 2.18. The summed E-state index contributed by atoms with van der Waals surface area (Å²) >= 11 is 0. The Morgan fingerprint density at radius 2 is 2.12 bits per heavy atom. The molecule has 0 aliphatic carbocycles. The SMILES string of the molecule is CCOc1ccccc1NC(=O)CC(C)N.Cl. The summed E-state index contributed by atoms with van der Waals surface area (Å²) in [6.45, 7) is 4.27. The molecular weight excluding hydrogens is 240 g/mol. The summed E-state index contributed by atoms with van der Waals surface area (Å²) in [6, 6.07) is 7.21. The minimum Gasteiger partial charge on any atom is -0.492 e. The fraction of sp³-hybridized carbons (Fsp3) is 0.417. The van der Waals surface area contributed by atoms with E-state index in [-0.39, 0.29) is 24.4 Å². The second-order valence-electron chi connectivity index (χ2n) is 3.66. The van der Waals surface area contributed by atoms with Crippen LogP contribution in [0, 0.1) is 0 Å². The largest absolute Gasteiger partial charge is 0.492 e. The monoisotopic (exact) mass is 258 g/mol. The highest BCUT2D eigenvalue weighted by molar-refractivity contribution is 5.92. The van der Waals surface area contributed by atoms with Crippen LogP contribution in [0.3, 0.4) is 0 Å². The molecule has 1 unspecified atom stereocenters. The lowest BCUT2D eigenvalue weighted by Gasteiger charge is -2.11. The Labute approximate surface area is 108 Å². The standard InChI is InChI=1S/C12H18N2O2.ClH/c1-3-16-11-7-5-4-6-10(11)14-12(15)8-9(2)13;/h4-7,9H,3,8,13H2,1-2H3,(H,14,15);1H. The van der Waals surface area contributed by atoms with Crippen molar-refractivity contribution in [1.82, 2.24) is 0 Å². The summed E-state index contributed by atoms with van der Waals surface area (Å²) in [7, 11) is 0. The first-order valence-corrected chi connectivity index (χ1v) is 5.40. The summed E-state index contributed by atoms with van der Waals surface area (Å²) in [5.41, 5.74) is 6.24. The van der Waals surface area contributed by atoms with Gasteiger partial charge in [-0.3, -0.25) is 4.79 Å². The molecule has 0 bridgehead atoms. The molecule has 1 atom stereocenters. The fourth-order valence-corrected chi connectivity index (χ4v) is 1.34. The maximum atomic E-state index is 11.5. The molecule has 0 saturated heterocycles. The second kappa shape index (κ2) is 7.92. The Hall–Kier alpha value is -1.26. The van der Waals surface area contributed by atoms with Crippen LogP contribution in [0.5, 0.6) is 5.75 Å². The molecule has 0 aromatic heterocycles. The highest BCUT2D eigenvalue weighted by Gasteiger charge is 2.08. The lowest BCUT2D eigenvalue weighted by molar-refractivity contribution is -0.116. The van der Waals surface area contributed by atoms with E-state index >= 15 is 0 Å². The molecule has 0 spiro atoms. The third-order valence-corrected chi connectivity index (χ3v) is 1.97. The van der Waals surface area contributed by atoms with Crippen molar-refractivity contribution in [3.05, 3.63) is 24.3 Å². The van der Waals surface area contributed by atoms with Crippen molar-refractivity contribution in [2.75, 3.05) is 11.9 Å². The van der Waals surface area contributed by atoms with E-state index in [0.717, 1.165) is 0 Å². The van der Waals surface area contributed by atoms with E-state index in [1.165, 1.54) is 0 Å². The number of amides is 1. The molecule has 0 aliphatic rings. The quantitative estimate of drug-likeness (QED) is 0.851. The maximum absolute atomic E-state index is 11.5. The number of benzene rings is 1. The highest BCUT2D eigenvalue weighted by atomic mass is 35.5. The van der Waals surface area contributed by atoms with Crippen LogP contribution in [0.1, 0.15) is 20.3 Å². The van der Waals surface area contributed by atoms with Crippen LogP contribution in [-0.2, 0) is 4.79 Å². The Kier molecular flexibility index (Phi) is 7.34. The second-order valence-corrected chi connectivity index (χ2v) is 3.66. The zero-order valence-corrected chi connectivity index (χ0v) is 10.9. The van der Waals surface area contributed by atoms with Gasteiger partial charge in [-0.1, -0.05) is 12.1 Å². The maximum Gasteiger partial charge on any atom is 0.226 e. The van der Waals surface area contributed by atoms with E-state index in [9.17, 15) is 4.79 Å². The first kappa shape index (κ1) is 15.7. The summed E-state index contributed by atoms with van der Waals surface area (Å²) < 4.78 is 5.40. The summed E-state index contributed by atoms with van der Waals surface area (Å²) in [5.74, 6) is 0.588. The van der Waals surface area contributed by atoms with Crippen LogP contribution in [0.25, 0.3) is 0 Å². The van der Waals surface area contributed by atoms with Crippen molar-refractivity contribution >= 4 is 24.0 Å². The van der Waals surface area contributed by atoms with Crippen LogP contribution in [0.4, 0.5) is 5.69 Å². The van der Waals surface area contributed by atoms with Gasteiger partial charge in [0.05, 0.1) is 12.3 Å². The van der Waals surface area contributed by atoms with Crippen molar-refractivity contribution in [1.29, 1.82) is 0 Å². The van der Waals surface area contributed by atoms with Crippen LogP contribution in [-0.4, -0.2) is 18.6 Å². The number of rotatable bonds is 5. The topological polar surface area (TPSA) is 64.3 Å². The Morgan fingerprint density at radius 3 is 2.71 bits per heavy atom. The van der Waals surface area contributed by atoms with E-state index in [4.69, 9.17) is 10.5 Å². The molecule has 0 heterocycles. The third kappa shape index (κ3) is 5.56. The number of hydrogen-bond donors (Lipinski definition) is 2. The molecule has 1 rings (SSSR count). The molecule has 1 aromatic carbocycles. The molecule has 3 N–H and O–H groups in total. The van der Waals surface area contributed by atoms with Crippen molar-refractivity contribution < 1.29 is 9.53 Å². The highest BCUT2D eigenvalue weighted by Crippen LogP contribution is 2.23. The van der Waals surface area contributed by atoms with Gasteiger partial charge in [0.25, 0.3) is 0 Å². The Balaban J connectivity index is 0.00000256. The van der Waals surface area contributed by atoms with Gasteiger partial charge in [0.2, 0.25) is 5.91 Å². The number of nitrogens with two attached hydrogens (primary N) is 1. The summed E-state index contributed by atoms with van der Waals surface area (Å²) in [6.07, 6.45) is 0.306. The van der Waals surface area contributed by atoms with Crippen LogP contribution in [0.2, 0.25) is 0 Å². The lowest BCUT2D eigenvalue weighted by atomic mass is 10.2. The van der Waals surface area contributed by atoms with Gasteiger partial charge in [-0.2, -0.15) is 0 Å². The van der Waals surface area contributed by atoms with Crippen LogP contribution < -0.4 is 15.8 Å². The first-order chi connectivity index (χ1) is 7.63. The smallest absolute Gasteiger partial charge is 0.226 e. The molecule has 96 valence electrons. The van der Waals surface area contributed by atoms with E-state index in [0.29, 0.717) is 24.5 Å². The third-order valence-electron chi connectivity index (χ3n) is 1.97. The molecular formula is C12H19ClN2O2. The molecule has 4 nitrogen and oxygen atoms in total. The number of ether oxygens (including phenoxy) is 1. The number of hydrogen-bond acceptors (Lipinski definition) is 3. The van der Waals surface area contributed by atoms with Gasteiger partial charge in [-0.15, -0.1) is 12.4 Å². The van der Waals surface area contributed by atoms with Gasteiger partial charge < -0.3 is 15.8 Å². The average molecular weight is 259 g/mol. The zero-order valence-electron chi connectivity index (χ0n) is 10.1. The van der Waals surface area contributed by atoms with E-state index < -0.39 is 0 Å². The molecule has 0 aliphatic heterocycles. The van der Waals surface area contributed by atoms with Gasteiger partial charge in [0, 0.05) is 12.5 Å². The Bertz CT molecular complexity index is 356. The summed E-state index contributed by atoms with van der Waals surface area (Å²) in [4.78, 5) is 11.5. The molecule has 5 heteroatoms. The first-order valence-electron chi connectivity index (χ1n) is 5.40. The van der Waals surface area contributed by atoms with Crippen molar-refractivity contribution in [2.45, 2.75) is 26.3 Å². The molecule has 0 saturated carbocycles. The van der Waals surface area contributed by atoms with E-state index in [1.807, 2.05) is 31.2 Å². The Morgan fingerprint density at radius 1 is 1.47 bits per heavy atom. The zero-order chi connectivity index (χ0) is 12.0. The van der Waals surface area contributed by atoms with E-state index in [1.54, 1.807) is 6.92 Å². The number of carbonyl (C=O) groups excluding carboxylic acids is 1. The molecule has 0 radical (unpaired) electrons. The van der Waals surface area contributed by atoms with Crippen LogP contribution in [0.15, 0.2) is 24.3 Å². The van der Waals surface area contributed by atoms with Crippen molar-refractivity contribution in [2.24, 2.45) is 5.73 Å². The van der Waals surface area contributed by atoms with Gasteiger partial charge in [-0.05, 0) is 26.0 Å². The van der Waals surface area contributed by atoms with Crippen molar-refractivity contribution in [3.63, 3.8) is 0 Å². The molecule has 17 heavy (non-hydrogen) atoms. The van der Waals surface area contributed by atoms with Gasteiger partial charge in [-0.25, -0.2) is 0 Å². The normalized spacial score (nSPS) is 11.2. The molecule has 1 amide bonds. The molecule has 0 fully saturated rings. The number of anilines is 1. The minimum atomic E-state index is -0.140. The number of nitrogens with one attached hydrogen (secondary N) is 1. The van der Waals surface area contributed by atoms with Gasteiger partial charge in [0.1, 0.15) is 5.75 Å². The van der Waals surface area contributed by atoms with Gasteiger partial charge in [0.15, 0.2) is 0 Å².